The zero-order valence-corrected chi connectivity index (χ0v) is 16.8. The number of aryl methyl sites for hydroxylation is 2. The maximum atomic E-state index is 11.9. The Labute approximate surface area is 153 Å². The van der Waals surface area contributed by atoms with Gasteiger partial charge in [-0.1, -0.05) is 4.49 Å². The molecular formula is C16H25N5O2S2. The van der Waals surface area contributed by atoms with Gasteiger partial charge in [0.2, 0.25) is 0 Å². The number of hydrogen-bond acceptors (Lipinski definition) is 7. The van der Waals surface area contributed by atoms with Crippen LogP contribution < -0.4 is 0 Å². The molecule has 0 radical (unpaired) electrons. The molecule has 0 saturated carbocycles. The van der Waals surface area contributed by atoms with Crippen molar-refractivity contribution in [2.45, 2.75) is 56.8 Å². The van der Waals surface area contributed by atoms with E-state index in [4.69, 9.17) is 0 Å². The Morgan fingerprint density at radius 2 is 1.92 bits per heavy atom. The molecule has 0 atom stereocenters. The van der Waals surface area contributed by atoms with Gasteiger partial charge in [-0.05, 0) is 46.7 Å². The number of sulfone groups is 1. The number of aromatic nitrogens is 4. The van der Waals surface area contributed by atoms with Crippen molar-refractivity contribution >= 4 is 21.4 Å². The summed E-state index contributed by atoms with van der Waals surface area (Å²) in [6, 6.07) is 0. The molecule has 9 heteroatoms. The van der Waals surface area contributed by atoms with Gasteiger partial charge in [0, 0.05) is 48.1 Å². The van der Waals surface area contributed by atoms with Gasteiger partial charge in [-0.15, -0.1) is 5.10 Å². The van der Waals surface area contributed by atoms with E-state index in [1.54, 1.807) is 0 Å². The van der Waals surface area contributed by atoms with Gasteiger partial charge < -0.3 is 0 Å². The van der Waals surface area contributed by atoms with E-state index in [-0.39, 0.29) is 5.92 Å². The van der Waals surface area contributed by atoms with Crippen molar-refractivity contribution < 1.29 is 8.42 Å². The molecule has 1 saturated heterocycles. The first-order valence-electron chi connectivity index (χ1n) is 8.58. The third-order valence-electron chi connectivity index (χ3n) is 5.01. The average molecular weight is 384 g/mol. The molecule has 0 unspecified atom stereocenters. The van der Waals surface area contributed by atoms with Crippen LogP contribution in [0.1, 0.15) is 48.3 Å². The predicted molar refractivity (Wildman–Crippen MR) is 97.6 cm³/mol. The van der Waals surface area contributed by atoms with Gasteiger partial charge in [0.15, 0.2) is 14.0 Å². The molecule has 1 fully saturated rings. The molecule has 3 rings (SSSR count). The van der Waals surface area contributed by atoms with Crippen LogP contribution in [0.2, 0.25) is 0 Å². The van der Waals surface area contributed by atoms with Crippen LogP contribution in [0.25, 0.3) is 0 Å². The molecular weight excluding hydrogens is 358 g/mol. The van der Waals surface area contributed by atoms with Gasteiger partial charge in [-0.3, -0.25) is 9.58 Å². The lowest BCUT2D eigenvalue weighted by Crippen LogP contribution is -2.33. The molecule has 0 spiro atoms. The largest absolute Gasteiger partial charge is 0.299 e. The van der Waals surface area contributed by atoms with E-state index in [2.05, 4.69) is 45.0 Å². The van der Waals surface area contributed by atoms with Crippen molar-refractivity contribution in [3.63, 3.8) is 0 Å². The summed E-state index contributed by atoms with van der Waals surface area (Å²) >= 11 is 0.989. The molecule has 0 N–H and O–H groups in total. The summed E-state index contributed by atoms with van der Waals surface area (Å²) in [4.78, 5) is 2.42. The van der Waals surface area contributed by atoms with E-state index in [9.17, 15) is 8.42 Å². The Balaban J connectivity index is 1.67. The lowest BCUT2D eigenvalue weighted by atomic mass is 9.94. The van der Waals surface area contributed by atoms with Gasteiger partial charge in [0.25, 0.3) is 0 Å². The molecule has 0 bridgehead atoms. The van der Waals surface area contributed by atoms with Crippen LogP contribution in [0.15, 0.2) is 4.21 Å². The van der Waals surface area contributed by atoms with Crippen molar-refractivity contribution in [1.29, 1.82) is 0 Å². The molecule has 3 heterocycles. The quantitative estimate of drug-likeness (QED) is 0.787. The second-order valence-electron chi connectivity index (χ2n) is 6.73. The minimum atomic E-state index is -3.24. The Kier molecular flexibility index (Phi) is 5.26. The highest BCUT2D eigenvalue weighted by Gasteiger charge is 2.29. The Morgan fingerprint density at radius 3 is 2.48 bits per heavy atom. The van der Waals surface area contributed by atoms with Crippen LogP contribution in [-0.2, 0) is 22.9 Å². The third-order valence-corrected chi connectivity index (χ3v) is 7.56. The van der Waals surface area contributed by atoms with Crippen LogP contribution in [0, 0.1) is 13.8 Å². The van der Waals surface area contributed by atoms with Crippen LogP contribution in [0.5, 0.6) is 0 Å². The van der Waals surface area contributed by atoms with Gasteiger partial charge in [-0.25, -0.2) is 8.42 Å². The lowest BCUT2D eigenvalue weighted by molar-refractivity contribution is 0.201. The standard InChI is InChI=1S/C16H25N5O2S2/c1-5-21-12(3)14(11(2)18-21)10-20-8-6-13(7-9-20)15-16(24-19-17-15)25(4,22)23/h13H,5-10H2,1-4H3. The highest BCUT2D eigenvalue weighted by molar-refractivity contribution is 7.92. The van der Waals surface area contributed by atoms with Gasteiger partial charge in [0.1, 0.15) is 0 Å². The van der Waals surface area contributed by atoms with E-state index < -0.39 is 9.84 Å². The fourth-order valence-electron chi connectivity index (χ4n) is 3.55. The predicted octanol–water partition coefficient (Wildman–Crippen LogP) is 2.15. The maximum Gasteiger partial charge on any atom is 0.188 e. The summed E-state index contributed by atoms with van der Waals surface area (Å²) in [5, 5.41) is 8.71. The molecule has 0 amide bonds. The minimum absolute atomic E-state index is 0.181. The Hall–Kier alpha value is -1.32. The fourth-order valence-corrected chi connectivity index (χ4v) is 5.29. The van der Waals surface area contributed by atoms with Crippen LogP contribution in [-0.4, -0.2) is 52.0 Å². The number of likely N-dealkylation sites (tertiary alicyclic amines) is 1. The van der Waals surface area contributed by atoms with Gasteiger partial charge in [-0.2, -0.15) is 5.10 Å². The summed E-state index contributed by atoms with van der Waals surface area (Å²) < 4.78 is 30.0. The van der Waals surface area contributed by atoms with E-state index >= 15 is 0 Å². The van der Waals surface area contributed by atoms with Crippen molar-refractivity contribution in [2.24, 2.45) is 0 Å². The molecule has 138 valence electrons. The molecule has 0 aromatic carbocycles. The van der Waals surface area contributed by atoms with E-state index in [1.807, 2.05) is 0 Å². The van der Waals surface area contributed by atoms with Crippen molar-refractivity contribution in [1.82, 2.24) is 24.3 Å². The fraction of sp³-hybridized carbons (Fsp3) is 0.688. The van der Waals surface area contributed by atoms with Gasteiger partial charge >= 0.3 is 0 Å². The van der Waals surface area contributed by atoms with Gasteiger partial charge in [0.05, 0.1) is 11.4 Å². The first kappa shape index (κ1) is 18.5. The summed E-state index contributed by atoms with van der Waals surface area (Å²) in [6.45, 7) is 9.96. The maximum absolute atomic E-state index is 11.9. The van der Waals surface area contributed by atoms with E-state index in [0.717, 1.165) is 56.2 Å². The summed E-state index contributed by atoms with van der Waals surface area (Å²) in [5.41, 5.74) is 4.32. The second kappa shape index (κ2) is 7.13. The zero-order valence-electron chi connectivity index (χ0n) is 15.2. The number of rotatable bonds is 5. The highest BCUT2D eigenvalue weighted by atomic mass is 32.2. The molecule has 2 aromatic heterocycles. The number of nitrogens with zero attached hydrogens (tertiary/aromatic N) is 5. The molecule has 25 heavy (non-hydrogen) atoms. The normalized spacial score (nSPS) is 17.3. The zero-order chi connectivity index (χ0) is 18.2. The van der Waals surface area contributed by atoms with Crippen molar-refractivity contribution in [2.75, 3.05) is 19.3 Å². The topological polar surface area (TPSA) is 81.0 Å². The SMILES string of the molecule is CCn1nc(C)c(CN2CCC(c3nnsc3S(C)(=O)=O)CC2)c1C. The Bertz CT molecular complexity index is 848. The monoisotopic (exact) mass is 383 g/mol. The summed E-state index contributed by atoms with van der Waals surface area (Å²) in [6.07, 6.45) is 3.06. The van der Waals surface area contributed by atoms with E-state index in [0.29, 0.717) is 9.90 Å². The summed E-state index contributed by atoms with van der Waals surface area (Å²) in [5.74, 6) is 0.181. The van der Waals surface area contributed by atoms with Crippen LogP contribution in [0.4, 0.5) is 0 Å². The minimum Gasteiger partial charge on any atom is -0.299 e. The van der Waals surface area contributed by atoms with Crippen molar-refractivity contribution in [3.8, 4) is 0 Å². The first-order chi connectivity index (χ1) is 11.8. The smallest absolute Gasteiger partial charge is 0.188 e. The number of hydrogen-bond donors (Lipinski definition) is 0. The van der Waals surface area contributed by atoms with Crippen molar-refractivity contribution in [3.05, 3.63) is 22.6 Å². The lowest BCUT2D eigenvalue weighted by Gasteiger charge is -2.31. The molecule has 2 aromatic rings. The van der Waals surface area contributed by atoms with Crippen LogP contribution in [0.3, 0.4) is 0 Å². The third kappa shape index (κ3) is 3.78. The molecule has 7 nitrogen and oxygen atoms in total. The molecule has 0 aliphatic carbocycles. The molecule has 1 aliphatic heterocycles. The Morgan fingerprint density at radius 1 is 1.24 bits per heavy atom. The first-order valence-corrected chi connectivity index (χ1v) is 11.2. The molecule has 1 aliphatic rings. The second-order valence-corrected chi connectivity index (χ2v) is 9.70. The average Bonchev–Trinajstić information content (AvgIpc) is 3.16. The summed E-state index contributed by atoms with van der Waals surface area (Å²) in [7, 11) is -3.24. The van der Waals surface area contributed by atoms with E-state index in [1.165, 1.54) is 17.5 Å². The highest BCUT2D eigenvalue weighted by Crippen LogP contribution is 2.33. The van der Waals surface area contributed by atoms with Crippen LogP contribution >= 0.6 is 11.5 Å². The number of piperidine rings is 1.